The number of ether oxygens (including phenoxy) is 3. The molecule has 7 nitrogen and oxygen atoms in total. The van der Waals surface area contributed by atoms with Crippen molar-refractivity contribution in [3.05, 3.63) is 28.8 Å². The molecule has 0 aliphatic heterocycles. The van der Waals surface area contributed by atoms with E-state index in [0.29, 0.717) is 47.5 Å². The van der Waals surface area contributed by atoms with Gasteiger partial charge in [-0.05, 0) is 18.9 Å². The van der Waals surface area contributed by atoms with Crippen LogP contribution in [0.2, 0.25) is 0 Å². The van der Waals surface area contributed by atoms with E-state index in [2.05, 4.69) is 9.72 Å². The second-order valence-corrected chi connectivity index (χ2v) is 6.81. The molecule has 8 heteroatoms. The second kappa shape index (κ2) is 7.74. The Bertz CT molecular complexity index is 1010. The molecule has 138 valence electrons. The number of methoxy groups -OCH3 is 3. The molecule has 0 spiro atoms. The summed E-state index contributed by atoms with van der Waals surface area (Å²) in [4.78, 5) is 28.4. The van der Waals surface area contributed by atoms with Crippen molar-refractivity contribution in [1.29, 1.82) is 0 Å². The highest BCUT2D eigenvalue weighted by atomic mass is 32.1. The number of hydrogen-bond acceptors (Lipinski definition) is 7. The lowest BCUT2D eigenvalue weighted by Gasteiger charge is -2.07. The van der Waals surface area contributed by atoms with Crippen LogP contribution in [-0.4, -0.2) is 36.8 Å². The number of fused-ring (bicyclic) bond motifs is 3. The van der Waals surface area contributed by atoms with E-state index < -0.39 is 0 Å². The Labute approximate surface area is 154 Å². The normalized spacial score (nSPS) is 11.0. The third-order valence-corrected chi connectivity index (χ3v) is 5.34. The van der Waals surface area contributed by atoms with Crippen molar-refractivity contribution < 1.29 is 19.0 Å². The molecule has 0 unspecified atom stereocenters. The van der Waals surface area contributed by atoms with Crippen LogP contribution < -0.4 is 15.0 Å². The molecule has 0 aliphatic carbocycles. The monoisotopic (exact) mass is 376 g/mol. The maximum absolute atomic E-state index is 12.8. The van der Waals surface area contributed by atoms with Crippen LogP contribution >= 0.6 is 11.3 Å². The quantitative estimate of drug-likeness (QED) is 0.466. The van der Waals surface area contributed by atoms with Gasteiger partial charge in [0.1, 0.15) is 4.70 Å². The second-order valence-electron chi connectivity index (χ2n) is 5.76. The summed E-state index contributed by atoms with van der Waals surface area (Å²) in [5, 5.41) is 0.873. The van der Waals surface area contributed by atoms with Crippen molar-refractivity contribution in [3.63, 3.8) is 0 Å². The Morgan fingerprint density at radius 1 is 1.15 bits per heavy atom. The van der Waals surface area contributed by atoms with Crippen molar-refractivity contribution in [3.8, 4) is 11.5 Å². The van der Waals surface area contributed by atoms with Crippen molar-refractivity contribution in [2.45, 2.75) is 25.8 Å². The van der Waals surface area contributed by atoms with Gasteiger partial charge in [-0.15, -0.1) is 11.3 Å². The SMILES string of the molecule is COC(=O)CCCCn1cnc2c(sc3cc(OC)c(OC)cc32)c1=O. The van der Waals surface area contributed by atoms with Gasteiger partial charge in [0.05, 0.1) is 33.2 Å². The molecule has 0 atom stereocenters. The molecule has 3 rings (SSSR count). The molecular formula is C18H20N2O5S. The molecule has 0 amide bonds. The van der Waals surface area contributed by atoms with Gasteiger partial charge in [-0.2, -0.15) is 0 Å². The summed E-state index contributed by atoms with van der Waals surface area (Å²) < 4.78 is 18.4. The van der Waals surface area contributed by atoms with Gasteiger partial charge in [-0.3, -0.25) is 14.2 Å². The highest BCUT2D eigenvalue weighted by Crippen LogP contribution is 2.38. The summed E-state index contributed by atoms with van der Waals surface area (Å²) in [6, 6.07) is 3.71. The van der Waals surface area contributed by atoms with E-state index in [0.717, 1.165) is 10.1 Å². The highest BCUT2D eigenvalue weighted by Gasteiger charge is 2.15. The third kappa shape index (κ3) is 3.37. The molecule has 0 N–H and O–H groups in total. The third-order valence-electron chi connectivity index (χ3n) is 4.21. The zero-order chi connectivity index (χ0) is 18.7. The van der Waals surface area contributed by atoms with E-state index in [9.17, 15) is 9.59 Å². The maximum Gasteiger partial charge on any atom is 0.305 e. The minimum absolute atomic E-state index is 0.0767. The van der Waals surface area contributed by atoms with Gasteiger partial charge >= 0.3 is 5.97 Å². The first kappa shape index (κ1) is 18.2. The van der Waals surface area contributed by atoms with Crippen LogP contribution in [0, 0.1) is 0 Å². The fourth-order valence-electron chi connectivity index (χ4n) is 2.81. The van der Waals surface area contributed by atoms with Crippen molar-refractivity contribution in [1.82, 2.24) is 9.55 Å². The van der Waals surface area contributed by atoms with Crippen LogP contribution in [0.15, 0.2) is 23.3 Å². The Hall–Kier alpha value is -2.61. The molecule has 0 aliphatic rings. The number of thiophene rings is 1. The summed E-state index contributed by atoms with van der Waals surface area (Å²) in [5.41, 5.74) is 0.592. The number of unbranched alkanes of at least 4 members (excludes halogenated alkanes) is 1. The molecular weight excluding hydrogens is 356 g/mol. The molecule has 0 saturated heterocycles. The molecule has 3 aromatic rings. The minimum Gasteiger partial charge on any atom is -0.493 e. The number of hydrogen-bond donors (Lipinski definition) is 0. The van der Waals surface area contributed by atoms with E-state index in [1.807, 2.05) is 12.1 Å². The molecule has 26 heavy (non-hydrogen) atoms. The van der Waals surface area contributed by atoms with E-state index in [4.69, 9.17) is 9.47 Å². The largest absolute Gasteiger partial charge is 0.493 e. The number of nitrogens with zero attached hydrogens (tertiary/aromatic N) is 2. The van der Waals surface area contributed by atoms with Crippen molar-refractivity contribution in [2.75, 3.05) is 21.3 Å². The average molecular weight is 376 g/mol. The number of carbonyl (C=O) groups is 1. The van der Waals surface area contributed by atoms with Crippen LogP contribution in [-0.2, 0) is 16.1 Å². The summed E-state index contributed by atoms with van der Waals surface area (Å²) in [5.74, 6) is 0.988. The first-order valence-corrected chi connectivity index (χ1v) is 9.01. The van der Waals surface area contributed by atoms with E-state index in [-0.39, 0.29) is 11.5 Å². The summed E-state index contributed by atoms with van der Waals surface area (Å²) in [6.07, 6.45) is 3.28. The minimum atomic E-state index is -0.238. The Morgan fingerprint density at radius 3 is 2.58 bits per heavy atom. The lowest BCUT2D eigenvalue weighted by molar-refractivity contribution is -0.140. The molecule has 0 fully saturated rings. The number of carbonyl (C=O) groups excluding carboxylic acids is 1. The highest BCUT2D eigenvalue weighted by molar-refractivity contribution is 7.25. The Kier molecular flexibility index (Phi) is 5.41. The molecule has 0 radical (unpaired) electrons. The summed E-state index contributed by atoms with van der Waals surface area (Å²) >= 11 is 1.39. The Morgan fingerprint density at radius 2 is 1.88 bits per heavy atom. The van der Waals surface area contributed by atoms with Gasteiger partial charge in [0.25, 0.3) is 5.56 Å². The van der Waals surface area contributed by atoms with Gasteiger partial charge in [0.15, 0.2) is 11.5 Å². The van der Waals surface area contributed by atoms with Crippen LogP contribution in [0.1, 0.15) is 19.3 Å². The van der Waals surface area contributed by atoms with E-state index >= 15 is 0 Å². The number of benzene rings is 1. The van der Waals surface area contributed by atoms with Crippen LogP contribution in [0.25, 0.3) is 20.3 Å². The van der Waals surface area contributed by atoms with Gasteiger partial charge in [0.2, 0.25) is 0 Å². The fourth-order valence-corrected chi connectivity index (χ4v) is 3.92. The predicted octanol–water partition coefficient (Wildman–Crippen LogP) is 2.97. The Balaban J connectivity index is 1.92. The maximum atomic E-state index is 12.8. The molecule has 1 aromatic carbocycles. The standard InChI is InChI=1S/C18H20N2O5S/c1-23-12-8-11-14(9-13(12)24-2)26-17-16(11)19-10-20(18(17)22)7-5-4-6-15(21)25-3/h8-10H,4-7H2,1-3H3. The summed E-state index contributed by atoms with van der Waals surface area (Å²) in [6.45, 7) is 0.514. The zero-order valence-corrected chi connectivity index (χ0v) is 15.7. The molecule has 0 saturated carbocycles. The van der Waals surface area contributed by atoms with E-state index in [1.165, 1.54) is 18.4 Å². The van der Waals surface area contributed by atoms with Crippen LogP contribution in [0.4, 0.5) is 0 Å². The summed E-state index contributed by atoms with van der Waals surface area (Å²) in [7, 11) is 4.53. The van der Waals surface area contributed by atoms with Gasteiger partial charge in [-0.25, -0.2) is 4.98 Å². The number of aromatic nitrogens is 2. The number of rotatable bonds is 7. The smallest absolute Gasteiger partial charge is 0.305 e. The van der Waals surface area contributed by atoms with E-state index in [1.54, 1.807) is 25.1 Å². The lowest BCUT2D eigenvalue weighted by atomic mass is 10.2. The van der Waals surface area contributed by atoms with Gasteiger partial charge < -0.3 is 14.2 Å². The first-order valence-electron chi connectivity index (χ1n) is 8.19. The predicted molar refractivity (Wildman–Crippen MR) is 100 cm³/mol. The molecule has 2 aromatic heterocycles. The van der Waals surface area contributed by atoms with Gasteiger partial charge in [0, 0.05) is 29.1 Å². The topological polar surface area (TPSA) is 79.7 Å². The first-order chi connectivity index (χ1) is 12.6. The zero-order valence-electron chi connectivity index (χ0n) is 14.9. The van der Waals surface area contributed by atoms with Gasteiger partial charge in [-0.1, -0.05) is 0 Å². The number of esters is 1. The van der Waals surface area contributed by atoms with Crippen molar-refractivity contribution >= 4 is 37.6 Å². The average Bonchev–Trinajstić information content (AvgIpc) is 3.03. The molecule has 2 heterocycles. The number of aryl methyl sites for hydroxylation is 1. The lowest BCUT2D eigenvalue weighted by Crippen LogP contribution is -2.19. The van der Waals surface area contributed by atoms with Crippen LogP contribution in [0.3, 0.4) is 0 Å². The molecule has 0 bridgehead atoms. The van der Waals surface area contributed by atoms with Crippen LogP contribution in [0.5, 0.6) is 11.5 Å². The van der Waals surface area contributed by atoms with Crippen molar-refractivity contribution in [2.24, 2.45) is 0 Å². The fraction of sp³-hybridized carbons (Fsp3) is 0.389.